The van der Waals surface area contributed by atoms with Crippen LogP contribution in [0.25, 0.3) is 11.1 Å². The van der Waals surface area contributed by atoms with Crippen LogP contribution in [0.15, 0.2) is 65.1 Å². The maximum atomic E-state index is 12.5. The molecule has 2 aromatic heterocycles. The van der Waals surface area contributed by atoms with E-state index in [2.05, 4.69) is 14.8 Å². The summed E-state index contributed by atoms with van der Waals surface area (Å²) in [5.74, 6) is 0.791. The molecule has 0 amide bonds. The molecule has 0 saturated heterocycles. The highest BCUT2D eigenvalue weighted by atomic mass is 32.2. The van der Waals surface area contributed by atoms with Crippen LogP contribution in [0, 0.1) is 18.3 Å². The number of nitrogens with zero attached hydrogens (tertiary/aromatic N) is 4. The lowest BCUT2D eigenvalue weighted by atomic mass is 10.1. The molecule has 1 N–H and O–H groups in total. The lowest BCUT2D eigenvalue weighted by molar-refractivity contribution is 0.480. The van der Waals surface area contributed by atoms with Gasteiger partial charge in [0, 0.05) is 30.4 Å². The van der Waals surface area contributed by atoms with Crippen molar-refractivity contribution in [3.05, 3.63) is 71.5 Å². The van der Waals surface area contributed by atoms with Gasteiger partial charge >= 0.3 is 0 Å². The molecule has 156 valence electrons. The first-order valence-corrected chi connectivity index (χ1v) is 11.5. The van der Waals surface area contributed by atoms with E-state index in [1.54, 1.807) is 22.2 Å². The Labute approximate surface area is 183 Å². The van der Waals surface area contributed by atoms with Gasteiger partial charge in [0.15, 0.2) is 5.13 Å². The van der Waals surface area contributed by atoms with Crippen LogP contribution in [-0.2, 0) is 17.1 Å². The molecule has 0 bridgehead atoms. The zero-order valence-electron chi connectivity index (χ0n) is 16.6. The van der Waals surface area contributed by atoms with Crippen molar-refractivity contribution in [3.8, 4) is 28.7 Å². The van der Waals surface area contributed by atoms with Gasteiger partial charge in [-0.25, -0.2) is 13.4 Å². The average Bonchev–Trinajstić information content (AvgIpc) is 3.37. The predicted octanol–water partition coefficient (Wildman–Crippen LogP) is 4.32. The Morgan fingerprint density at radius 1 is 1.19 bits per heavy atom. The second kappa shape index (κ2) is 8.22. The summed E-state index contributed by atoms with van der Waals surface area (Å²) in [6, 6.07) is 13.5. The molecule has 0 aliphatic rings. The molecule has 0 atom stereocenters. The second-order valence-corrected chi connectivity index (χ2v) is 9.22. The summed E-state index contributed by atoms with van der Waals surface area (Å²) in [4.78, 5) is 3.86. The van der Waals surface area contributed by atoms with Gasteiger partial charge in [0.1, 0.15) is 17.6 Å². The first kappa shape index (κ1) is 20.6. The normalized spacial score (nSPS) is 11.1. The molecule has 2 heterocycles. The summed E-state index contributed by atoms with van der Waals surface area (Å²) in [5, 5.41) is 15.8. The summed E-state index contributed by atoms with van der Waals surface area (Å²) in [5.41, 5.74) is 3.04. The number of aromatic nitrogens is 3. The van der Waals surface area contributed by atoms with E-state index in [9.17, 15) is 13.7 Å². The summed E-state index contributed by atoms with van der Waals surface area (Å²) in [6.45, 7) is 1.94. The number of anilines is 1. The Hall–Kier alpha value is -3.68. The highest BCUT2D eigenvalue weighted by molar-refractivity contribution is 7.93. The van der Waals surface area contributed by atoms with Crippen molar-refractivity contribution in [2.75, 3.05) is 4.72 Å². The number of aryl methyl sites for hydroxylation is 2. The van der Waals surface area contributed by atoms with E-state index in [0.717, 1.165) is 28.2 Å². The smallest absolute Gasteiger partial charge is 0.263 e. The third kappa shape index (κ3) is 4.42. The first-order valence-electron chi connectivity index (χ1n) is 9.11. The van der Waals surface area contributed by atoms with E-state index < -0.39 is 10.0 Å². The largest absolute Gasteiger partial charge is 0.456 e. The standard InChI is InChI=1S/C21H17N5O3S2/c1-14-19(13-26(2)24-14)15-3-5-17(6-4-15)29-20-8-7-18(11-16(20)12-22)31(27,28)25-21-23-9-10-30-21/h3-11,13H,1-2H3,(H,23,25). The molecule has 4 rings (SSSR count). The number of hydrogen-bond acceptors (Lipinski definition) is 7. The quantitative estimate of drug-likeness (QED) is 0.468. The molecule has 0 radical (unpaired) electrons. The Morgan fingerprint density at radius 3 is 2.58 bits per heavy atom. The van der Waals surface area contributed by atoms with Crippen molar-refractivity contribution in [2.24, 2.45) is 7.05 Å². The van der Waals surface area contributed by atoms with Gasteiger partial charge in [-0.2, -0.15) is 10.4 Å². The molecule has 10 heteroatoms. The molecule has 0 aliphatic heterocycles. The molecule has 8 nitrogen and oxygen atoms in total. The molecule has 4 aromatic rings. The van der Waals surface area contributed by atoms with Crippen molar-refractivity contribution in [3.63, 3.8) is 0 Å². The van der Waals surface area contributed by atoms with E-state index in [-0.39, 0.29) is 21.3 Å². The minimum atomic E-state index is -3.86. The van der Waals surface area contributed by atoms with E-state index in [1.807, 2.05) is 38.4 Å². The molecule has 2 aromatic carbocycles. The minimum Gasteiger partial charge on any atom is -0.456 e. The van der Waals surface area contributed by atoms with Gasteiger partial charge in [-0.15, -0.1) is 11.3 Å². The number of rotatable bonds is 6. The predicted molar refractivity (Wildman–Crippen MR) is 118 cm³/mol. The molecule has 0 fully saturated rings. The van der Waals surface area contributed by atoms with Crippen molar-refractivity contribution < 1.29 is 13.2 Å². The molecule has 0 aliphatic carbocycles. The number of sulfonamides is 1. The third-order valence-electron chi connectivity index (χ3n) is 4.44. The van der Waals surface area contributed by atoms with E-state index in [1.165, 1.54) is 24.4 Å². The Morgan fingerprint density at radius 2 is 1.97 bits per heavy atom. The summed E-state index contributed by atoms with van der Waals surface area (Å²) in [7, 11) is -1.99. The lowest BCUT2D eigenvalue weighted by Crippen LogP contribution is -2.13. The molecule has 0 saturated carbocycles. The Balaban J connectivity index is 1.56. The summed E-state index contributed by atoms with van der Waals surface area (Å²) < 4.78 is 35.0. The molecular weight excluding hydrogens is 434 g/mol. The van der Waals surface area contributed by atoms with Crippen LogP contribution in [-0.4, -0.2) is 23.2 Å². The number of thiazole rings is 1. The number of hydrogen-bond donors (Lipinski definition) is 1. The van der Waals surface area contributed by atoms with E-state index >= 15 is 0 Å². The lowest BCUT2D eigenvalue weighted by Gasteiger charge is -2.10. The van der Waals surface area contributed by atoms with Gasteiger partial charge in [-0.05, 0) is 42.8 Å². The summed E-state index contributed by atoms with van der Waals surface area (Å²) >= 11 is 1.16. The van der Waals surface area contributed by atoms with Crippen LogP contribution in [0.2, 0.25) is 0 Å². The highest BCUT2D eigenvalue weighted by Crippen LogP contribution is 2.30. The fourth-order valence-corrected chi connectivity index (χ4v) is 4.83. The van der Waals surface area contributed by atoms with Crippen molar-refractivity contribution in [1.82, 2.24) is 14.8 Å². The molecule has 31 heavy (non-hydrogen) atoms. The highest BCUT2D eigenvalue weighted by Gasteiger charge is 2.18. The fraction of sp³-hybridized carbons (Fsp3) is 0.0952. The third-order valence-corrected chi connectivity index (χ3v) is 6.60. The zero-order valence-corrected chi connectivity index (χ0v) is 18.2. The van der Waals surface area contributed by atoms with Gasteiger partial charge in [0.05, 0.1) is 16.2 Å². The van der Waals surface area contributed by atoms with Crippen LogP contribution in [0.4, 0.5) is 5.13 Å². The van der Waals surface area contributed by atoms with Gasteiger partial charge < -0.3 is 4.74 Å². The first-order chi connectivity index (χ1) is 14.9. The fourth-order valence-electron chi connectivity index (χ4n) is 3.01. The Bertz CT molecular complexity index is 1370. The summed E-state index contributed by atoms with van der Waals surface area (Å²) in [6.07, 6.45) is 3.44. The van der Waals surface area contributed by atoms with Crippen molar-refractivity contribution in [2.45, 2.75) is 11.8 Å². The topological polar surface area (TPSA) is 110 Å². The van der Waals surface area contributed by atoms with Crippen LogP contribution < -0.4 is 9.46 Å². The Kier molecular flexibility index (Phi) is 5.46. The van der Waals surface area contributed by atoms with Crippen LogP contribution in [0.1, 0.15) is 11.3 Å². The van der Waals surface area contributed by atoms with Gasteiger partial charge in [0.25, 0.3) is 10.0 Å². The number of benzene rings is 2. The number of ether oxygens (including phenoxy) is 1. The second-order valence-electron chi connectivity index (χ2n) is 6.64. The number of nitriles is 1. The van der Waals surface area contributed by atoms with Gasteiger partial charge in [-0.3, -0.25) is 9.40 Å². The van der Waals surface area contributed by atoms with Gasteiger partial charge in [0.2, 0.25) is 0 Å². The molecule has 0 spiro atoms. The van der Waals surface area contributed by atoms with Crippen LogP contribution >= 0.6 is 11.3 Å². The number of nitrogens with one attached hydrogen (secondary N) is 1. The average molecular weight is 452 g/mol. The van der Waals surface area contributed by atoms with Crippen LogP contribution in [0.3, 0.4) is 0 Å². The van der Waals surface area contributed by atoms with E-state index in [0.29, 0.717) is 5.75 Å². The SMILES string of the molecule is Cc1nn(C)cc1-c1ccc(Oc2ccc(S(=O)(=O)Nc3nccs3)cc2C#N)cc1. The van der Waals surface area contributed by atoms with Crippen molar-refractivity contribution in [1.29, 1.82) is 5.26 Å². The van der Waals surface area contributed by atoms with Crippen LogP contribution in [0.5, 0.6) is 11.5 Å². The maximum absolute atomic E-state index is 12.5. The zero-order chi connectivity index (χ0) is 22.0. The molecule has 0 unspecified atom stereocenters. The minimum absolute atomic E-state index is 0.0472. The maximum Gasteiger partial charge on any atom is 0.263 e. The van der Waals surface area contributed by atoms with Gasteiger partial charge in [-0.1, -0.05) is 12.1 Å². The van der Waals surface area contributed by atoms with Crippen molar-refractivity contribution >= 4 is 26.5 Å². The van der Waals surface area contributed by atoms with E-state index in [4.69, 9.17) is 4.74 Å². The molecular formula is C21H17N5O3S2. The monoisotopic (exact) mass is 451 g/mol.